The van der Waals surface area contributed by atoms with Crippen LogP contribution in [0.5, 0.6) is 0 Å². The van der Waals surface area contributed by atoms with E-state index in [0.717, 1.165) is 19.3 Å². The lowest BCUT2D eigenvalue weighted by Crippen LogP contribution is -2.58. The third kappa shape index (κ3) is 3.22. The number of nitrogens with zero attached hydrogens (tertiary/aromatic N) is 1. The van der Waals surface area contributed by atoms with E-state index in [1.807, 2.05) is 0 Å². The van der Waals surface area contributed by atoms with Crippen LogP contribution < -0.4 is 5.32 Å². The maximum atomic E-state index is 11.8. The van der Waals surface area contributed by atoms with Crippen molar-refractivity contribution in [3.63, 3.8) is 0 Å². The smallest absolute Gasteiger partial charge is 0.329 e. The van der Waals surface area contributed by atoms with Crippen LogP contribution in [0.3, 0.4) is 0 Å². The fourth-order valence-electron chi connectivity index (χ4n) is 2.12. The lowest BCUT2D eigenvalue weighted by molar-refractivity contribution is -0.145. The van der Waals surface area contributed by atoms with E-state index in [4.69, 9.17) is 0 Å². The molecule has 2 N–H and O–H groups in total. The fraction of sp³-hybridized carbons (Fsp3) is 0.667. The SMILES string of the molecule is C=CCN(C)C(=O)NC1(C(=O)O)CCCCC1. The van der Waals surface area contributed by atoms with Gasteiger partial charge in [-0.1, -0.05) is 25.3 Å². The van der Waals surface area contributed by atoms with E-state index < -0.39 is 11.5 Å². The van der Waals surface area contributed by atoms with Crippen LogP contribution in [0.4, 0.5) is 4.79 Å². The van der Waals surface area contributed by atoms with Gasteiger partial charge in [0.05, 0.1) is 0 Å². The molecule has 5 heteroatoms. The minimum Gasteiger partial charge on any atom is -0.480 e. The maximum absolute atomic E-state index is 11.8. The molecule has 1 aliphatic rings. The molecule has 0 aromatic carbocycles. The number of likely N-dealkylation sites (N-methyl/N-ethyl adjacent to an activating group) is 1. The Morgan fingerprint density at radius 3 is 2.47 bits per heavy atom. The van der Waals surface area contributed by atoms with Crippen LogP contribution in [0.15, 0.2) is 12.7 Å². The second-order valence-electron chi connectivity index (χ2n) is 4.55. The number of carbonyl (C=O) groups excluding carboxylic acids is 1. The number of hydrogen-bond donors (Lipinski definition) is 2. The minimum atomic E-state index is -1.08. The van der Waals surface area contributed by atoms with Gasteiger partial charge in [-0.05, 0) is 12.8 Å². The highest BCUT2D eigenvalue weighted by Crippen LogP contribution is 2.28. The molecule has 1 fully saturated rings. The van der Waals surface area contributed by atoms with Crippen LogP contribution in [-0.4, -0.2) is 41.1 Å². The minimum absolute atomic E-state index is 0.353. The summed E-state index contributed by atoms with van der Waals surface area (Å²) in [7, 11) is 1.62. The lowest BCUT2D eigenvalue weighted by Gasteiger charge is -2.35. The van der Waals surface area contributed by atoms with Gasteiger partial charge >= 0.3 is 12.0 Å². The van der Waals surface area contributed by atoms with Crippen molar-refractivity contribution in [1.29, 1.82) is 0 Å². The molecule has 0 aliphatic heterocycles. The van der Waals surface area contributed by atoms with Gasteiger partial charge in [-0.3, -0.25) is 0 Å². The molecule has 17 heavy (non-hydrogen) atoms. The van der Waals surface area contributed by atoms with Crippen molar-refractivity contribution in [1.82, 2.24) is 10.2 Å². The van der Waals surface area contributed by atoms with E-state index in [9.17, 15) is 14.7 Å². The molecule has 0 unspecified atom stereocenters. The van der Waals surface area contributed by atoms with Crippen LogP contribution in [0.2, 0.25) is 0 Å². The zero-order valence-corrected chi connectivity index (χ0v) is 10.2. The third-order valence-corrected chi connectivity index (χ3v) is 3.21. The molecule has 0 spiro atoms. The zero-order chi connectivity index (χ0) is 12.9. The molecular formula is C12H20N2O3. The van der Waals surface area contributed by atoms with Gasteiger partial charge in [0.25, 0.3) is 0 Å². The first-order valence-corrected chi connectivity index (χ1v) is 5.89. The predicted molar refractivity (Wildman–Crippen MR) is 64.8 cm³/mol. The van der Waals surface area contributed by atoms with Crippen LogP contribution in [0.1, 0.15) is 32.1 Å². The first-order valence-electron chi connectivity index (χ1n) is 5.89. The topological polar surface area (TPSA) is 69.6 Å². The number of carboxylic acid groups (broad SMARTS) is 1. The molecule has 0 atom stereocenters. The molecule has 0 radical (unpaired) electrons. The summed E-state index contributed by atoms with van der Waals surface area (Å²) in [4.78, 5) is 24.6. The number of hydrogen-bond acceptors (Lipinski definition) is 2. The second kappa shape index (κ2) is 5.70. The molecule has 0 saturated heterocycles. The molecular weight excluding hydrogens is 220 g/mol. The Morgan fingerprint density at radius 1 is 1.41 bits per heavy atom. The first kappa shape index (κ1) is 13.5. The quantitative estimate of drug-likeness (QED) is 0.733. The second-order valence-corrected chi connectivity index (χ2v) is 4.55. The van der Waals surface area contributed by atoms with E-state index in [1.54, 1.807) is 13.1 Å². The lowest BCUT2D eigenvalue weighted by atomic mass is 9.82. The highest BCUT2D eigenvalue weighted by Gasteiger charge is 2.41. The normalized spacial score (nSPS) is 18.2. The summed E-state index contributed by atoms with van der Waals surface area (Å²) in [6.07, 6.45) is 5.35. The summed E-state index contributed by atoms with van der Waals surface area (Å²) in [5, 5.41) is 12.0. The van der Waals surface area contributed by atoms with Crippen LogP contribution >= 0.6 is 0 Å². The van der Waals surface area contributed by atoms with Gasteiger partial charge < -0.3 is 15.3 Å². The van der Waals surface area contributed by atoms with Crippen molar-refractivity contribution in [2.24, 2.45) is 0 Å². The van der Waals surface area contributed by atoms with Crippen molar-refractivity contribution >= 4 is 12.0 Å². The monoisotopic (exact) mass is 240 g/mol. The molecule has 0 bridgehead atoms. The number of urea groups is 1. The summed E-state index contributed by atoms with van der Waals surface area (Å²) in [6, 6.07) is -0.353. The molecule has 1 rings (SSSR count). The van der Waals surface area contributed by atoms with E-state index in [2.05, 4.69) is 11.9 Å². The highest BCUT2D eigenvalue weighted by atomic mass is 16.4. The Morgan fingerprint density at radius 2 is 2.00 bits per heavy atom. The average Bonchev–Trinajstić information content (AvgIpc) is 2.30. The van der Waals surface area contributed by atoms with E-state index >= 15 is 0 Å². The first-order chi connectivity index (χ1) is 8.02. The van der Waals surface area contributed by atoms with E-state index in [1.165, 1.54) is 4.90 Å². The number of aliphatic carboxylic acids is 1. The number of carboxylic acids is 1. The Balaban J connectivity index is 2.69. The van der Waals surface area contributed by atoms with Gasteiger partial charge in [0.2, 0.25) is 0 Å². The largest absolute Gasteiger partial charge is 0.480 e. The molecule has 1 aliphatic carbocycles. The van der Waals surface area contributed by atoms with Gasteiger partial charge in [0.1, 0.15) is 5.54 Å². The van der Waals surface area contributed by atoms with Gasteiger partial charge in [0.15, 0.2) is 0 Å². The highest BCUT2D eigenvalue weighted by molar-refractivity contribution is 5.86. The number of amides is 2. The fourth-order valence-corrected chi connectivity index (χ4v) is 2.12. The Labute approximate surface area is 101 Å². The summed E-state index contributed by atoms with van der Waals surface area (Å²) >= 11 is 0. The summed E-state index contributed by atoms with van der Waals surface area (Å²) < 4.78 is 0. The molecule has 1 saturated carbocycles. The summed E-state index contributed by atoms with van der Waals surface area (Å²) in [5.74, 6) is -0.933. The standard InChI is InChI=1S/C12H20N2O3/c1-3-9-14(2)11(17)13-12(10(15)16)7-5-4-6-8-12/h3H,1,4-9H2,2H3,(H,13,17)(H,15,16). The van der Waals surface area contributed by atoms with Crippen LogP contribution in [-0.2, 0) is 4.79 Å². The molecule has 2 amide bonds. The van der Waals surface area contributed by atoms with Crippen molar-refractivity contribution in [2.45, 2.75) is 37.6 Å². The molecule has 0 heterocycles. The van der Waals surface area contributed by atoms with Gasteiger partial charge in [0, 0.05) is 13.6 Å². The summed E-state index contributed by atoms with van der Waals surface area (Å²) in [5.41, 5.74) is -1.08. The van der Waals surface area contributed by atoms with Crippen molar-refractivity contribution in [2.75, 3.05) is 13.6 Å². The molecule has 0 aromatic rings. The molecule has 0 aromatic heterocycles. The van der Waals surface area contributed by atoms with Gasteiger partial charge in [-0.2, -0.15) is 0 Å². The summed E-state index contributed by atoms with van der Waals surface area (Å²) in [6.45, 7) is 3.95. The van der Waals surface area contributed by atoms with Crippen LogP contribution in [0, 0.1) is 0 Å². The third-order valence-electron chi connectivity index (χ3n) is 3.21. The van der Waals surface area contributed by atoms with Crippen LogP contribution in [0.25, 0.3) is 0 Å². The average molecular weight is 240 g/mol. The number of rotatable bonds is 4. The number of carbonyl (C=O) groups is 2. The van der Waals surface area contributed by atoms with Gasteiger partial charge in [-0.25, -0.2) is 9.59 Å². The molecule has 5 nitrogen and oxygen atoms in total. The Kier molecular flexibility index (Phi) is 4.54. The van der Waals surface area contributed by atoms with Crippen molar-refractivity contribution in [3.8, 4) is 0 Å². The van der Waals surface area contributed by atoms with Gasteiger partial charge in [-0.15, -0.1) is 6.58 Å². The molecule has 96 valence electrons. The van der Waals surface area contributed by atoms with Crippen molar-refractivity contribution < 1.29 is 14.7 Å². The van der Waals surface area contributed by atoms with Crippen molar-refractivity contribution in [3.05, 3.63) is 12.7 Å². The van der Waals surface area contributed by atoms with E-state index in [0.29, 0.717) is 19.4 Å². The Hall–Kier alpha value is -1.52. The Bertz CT molecular complexity index is 309. The maximum Gasteiger partial charge on any atom is 0.329 e. The van der Waals surface area contributed by atoms with E-state index in [-0.39, 0.29) is 6.03 Å². The number of nitrogens with one attached hydrogen (secondary N) is 1. The zero-order valence-electron chi connectivity index (χ0n) is 10.2. The predicted octanol–water partition coefficient (Wildman–Crippen LogP) is 1.60.